The molecule has 2 aliphatic heterocycles. The van der Waals surface area contributed by atoms with Crippen molar-refractivity contribution in [1.82, 2.24) is 30.0 Å². The number of para-hydroxylation sites is 2. The average Bonchev–Trinajstić information content (AvgIpc) is 3.55. The number of nitrogens with zero attached hydrogens (tertiary/aromatic N) is 5. The van der Waals surface area contributed by atoms with Crippen molar-refractivity contribution in [2.24, 2.45) is 0 Å². The lowest BCUT2D eigenvalue weighted by Gasteiger charge is -2.27. The number of nitrogens with one attached hydrogen (secondary N) is 2. The van der Waals surface area contributed by atoms with E-state index in [4.69, 9.17) is 0 Å². The molecule has 0 saturated carbocycles. The van der Waals surface area contributed by atoms with Crippen LogP contribution in [-0.4, -0.2) is 60.9 Å². The van der Waals surface area contributed by atoms with E-state index in [0.29, 0.717) is 41.9 Å². The smallest absolute Gasteiger partial charge is 0.280 e. The Morgan fingerprint density at radius 2 is 1.68 bits per heavy atom. The normalized spacial score (nSPS) is 16.6. The summed E-state index contributed by atoms with van der Waals surface area (Å²) in [5.74, 6) is -2.17. The third-order valence-electron chi connectivity index (χ3n) is 7.88. The molecule has 0 aliphatic carbocycles. The van der Waals surface area contributed by atoms with Crippen molar-refractivity contribution in [2.75, 3.05) is 11.9 Å². The van der Waals surface area contributed by atoms with Gasteiger partial charge >= 0.3 is 0 Å². The Kier molecular flexibility index (Phi) is 8.09. The number of aryl methyl sites for hydroxylation is 1. The van der Waals surface area contributed by atoms with E-state index in [1.165, 1.54) is 17.1 Å². The van der Waals surface area contributed by atoms with Gasteiger partial charge in [0.2, 0.25) is 11.8 Å². The van der Waals surface area contributed by atoms with Gasteiger partial charge in [0, 0.05) is 30.8 Å². The number of hydrogen-bond donors (Lipinski definition) is 2. The lowest BCUT2D eigenvalue weighted by atomic mass is 10.0. The molecule has 4 aromatic rings. The Hall–Kier alpha value is -5.07. The van der Waals surface area contributed by atoms with Crippen LogP contribution in [0.2, 0.25) is 0 Å². The monoisotopic (exact) mass is 601 g/mol. The van der Waals surface area contributed by atoms with Gasteiger partial charge in [0.25, 0.3) is 18.2 Å². The SMILES string of the molecule is O=C1CCC(N2C(=O)c3ccc(NCCCCCCn4ncc(-c5cnc6ccccc6n5)c4C(F)F)cc3C2=O)C(=O)N1. The molecule has 2 aromatic carbocycles. The number of piperidine rings is 1. The summed E-state index contributed by atoms with van der Waals surface area (Å²) in [7, 11) is 0. The number of halogens is 2. The van der Waals surface area contributed by atoms with E-state index < -0.39 is 36.1 Å². The Morgan fingerprint density at radius 1 is 0.909 bits per heavy atom. The maximum atomic E-state index is 14.0. The number of hydrogen-bond acceptors (Lipinski definition) is 8. The number of fused-ring (bicyclic) bond motifs is 2. The van der Waals surface area contributed by atoms with Gasteiger partial charge in [0.15, 0.2) is 0 Å². The van der Waals surface area contributed by atoms with Gasteiger partial charge in [-0.1, -0.05) is 25.0 Å². The van der Waals surface area contributed by atoms with Gasteiger partial charge in [-0.05, 0) is 49.6 Å². The van der Waals surface area contributed by atoms with Crippen molar-refractivity contribution < 1.29 is 28.0 Å². The summed E-state index contributed by atoms with van der Waals surface area (Å²) in [5, 5.41) is 9.65. The van der Waals surface area contributed by atoms with Crippen LogP contribution in [0, 0.1) is 0 Å². The molecular weight excluding hydrogens is 572 g/mol. The first-order valence-corrected chi connectivity index (χ1v) is 14.5. The van der Waals surface area contributed by atoms with E-state index in [1.807, 2.05) is 18.2 Å². The van der Waals surface area contributed by atoms with Crippen LogP contribution in [-0.2, 0) is 16.1 Å². The average molecular weight is 602 g/mol. The Balaban J connectivity index is 0.989. The van der Waals surface area contributed by atoms with Crippen molar-refractivity contribution in [3.05, 3.63) is 71.7 Å². The quantitative estimate of drug-likeness (QED) is 0.189. The summed E-state index contributed by atoms with van der Waals surface area (Å²) in [6, 6.07) is 11.1. The lowest BCUT2D eigenvalue weighted by Crippen LogP contribution is -2.54. The summed E-state index contributed by atoms with van der Waals surface area (Å²) in [4.78, 5) is 59.3. The molecule has 11 nitrogen and oxygen atoms in total. The maximum Gasteiger partial charge on any atom is 0.280 e. The highest BCUT2D eigenvalue weighted by Gasteiger charge is 2.44. The first-order valence-electron chi connectivity index (χ1n) is 14.5. The van der Waals surface area contributed by atoms with Gasteiger partial charge in [-0.2, -0.15) is 5.10 Å². The van der Waals surface area contributed by atoms with Crippen LogP contribution >= 0.6 is 0 Å². The summed E-state index contributed by atoms with van der Waals surface area (Å²) in [5.41, 5.74) is 2.88. The van der Waals surface area contributed by atoms with E-state index in [-0.39, 0.29) is 35.2 Å². The van der Waals surface area contributed by atoms with Crippen molar-refractivity contribution in [1.29, 1.82) is 0 Å². The molecule has 44 heavy (non-hydrogen) atoms. The second-order valence-corrected chi connectivity index (χ2v) is 10.8. The first-order chi connectivity index (χ1) is 21.3. The molecule has 0 spiro atoms. The topological polar surface area (TPSA) is 139 Å². The van der Waals surface area contributed by atoms with Gasteiger partial charge < -0.3 is 5.32 Å². The van der Waals surface area contributed by atoms with E-state index in [1.54, 1.807) is 24.3 Å². The molecule has 1 atom stereocenters. The third-order valence-corrected chi connectivity index (χ3v) is 7.88. The molecule has 13 heteroatoms. The zero-order valence-electron chi connectivity index (χ0n) is 23.6. The standard InChI is InChI=1S/C31H29F2N7O4/c32-28(33)27-21(24-17-35-22-7-3-4-8-23(22)37-24)16-36-39(27)14-6-2-1-5-13-34-18-9-10-19-20(15-18)31(44)40(30(19)43)25-11-12-26(41)38-29(25)42/h3-4,7-10,15-17,25,28,34H,1-2,5-6,11-14H2,(H,38,41,42). The van der Waals surface area contributed by atoms with Gasteiger partial charge in [-0.3, -0.25) is 39.1 Å². The van der Waals surface area contributed by atoms with Crippen LogP contribution < -0.4 is 10.6 Å². The minimum Gasteiger partial charge on any atom is -0.385 e. The van der Waals surface area contributed by atoms with Gasteiger partial charge in [-0.25, -0.2) is 13.8 Å². The summed E-state index contributed by atoms with van der Waals surface area (Å²) in [6.07, 6.45) is 3.46. The zero-order valence-corrected chi connectivity index (χ0v) is 23.6. The molecule has 1 saturated heterocycles. The van der Waals surface area contributed by atoms with Crippen molar-refractivity contribution in [2.45, 2.75) is 57.5 Å². The van der Waals surface area contributed by atoms with Crippen LogP contribution in [0.4, 0.5) is 14.5 Å². The molecular formula is C31H29F2N7O4. The third kappa shape index (κ3) is 5.64. The highest BCUT2D eigenvalue weighted by Crippen LogP contribution is 2.32. The number of imide groups is 2. The molecule has 1 unspecified atom stereocenters. The summed E-state index contributed by atoms with van der Waals surface area (Å²) >= 11 is 0. The highest BCUT2D eigenvalue weighted by molar-refractivity contribution is 6.23. The molecule has 0 radical (unpaired) electrons. The minimum atomic E-state index is -2.71. The maximum absolute atomic E-state index is 14.0. The van der Waals surface area contributed by atoms with Crippen LogP contribution in [0.15, 0.2) is 54.9 Å². The van der Waals surface area contributed by atoms with Crippen LogP contribution in [0.1, 0.15) is 71.4 Å². The molecule has 6 rings (SSSR count). The van der Waals surface area contributed by atoms with E-state index in [0.717, 1.165) is 24.2 Å². The number of benzene rings is 2. The molecule has 4 amide bonds. The van der Waals surface area contributed by atoms with Crippen LogP contribution in [0.25, 0.3) is 22.3 Å². The molecule has 4 heterocycles. The number of unbranched alkanes of at least 4 members (excludes halogenated alkanes) is 3. The van der Waals surface area contributed by atoms with Crippen LogP contribution in [0.5, 0.6) is 0 Å². The van der Waals surface area contributed by atoms with E-state index in [9.17, 15) is 28.0 Å². The van der Waals surface area contributed by atoms with Crippen molar-refractivity contribution >= 4 is 40.3 Å². The lowest BCUT2D eigenvalue weighted by molar-refractivity contribution is -0.136. The molecule has 2 N–H and O–H groups in total. The number of aromatic nitrogens is 4. The molecule has 2 aliphatic rings. The number of amides is 4. The van der Waals surface area contributed by atoms with Gasteiger partial charge in [-0.15, -0.1) is 0 Å². The predicted octanol–water partition coefficient (Wildman–Crippen LogP) is 4.50. The van der Waals surface area contributed by atoms with E-state index >= 15 is 0 Å². The largest absolute Gasteiger partial charge is 0.385 e. The fourth-order valence-corrected chi connectivity index (χ4v) is 5.64. The fraction of sp³-hybridized carbons (Fsp3) is 0.323. The second kappa shape index (κ2) is 12.3. The Morgan fingerprint density at radius 3 is 2.48 bits per heavy atom. The Bertz CT molecular complexity index is 1770. The van der Waals surface area contributed by atoms with Crippen molar-refractivity contribution in [3.63, 3.8) is 0 Å². The second-order valence-electron chi connectivity index (χ2n) is 10.8. The number of rotatable bonds is 11. The highest BCUT2D eigenvalue weighted by atomic mass is 19.3. The van der Waals surface area contributed by atoms with Crippen molar-refractivity contribution in [3.8, 4) is 11.3 Å². The van der Waals surface area contributed by atoms with Gasteiger partial charge in [0.05, 0.1) is 40.2 Å². The summed E-state index contributed by atoms with van der Waals surface area (Å²) in [6.45, 7) is 0.950. The zero-order chi connectivity index (χ0) is 30.8. The first kappa shape index (κ1) is 29.0. The minimum absolute atomic E-state index is 0.0630. The van der Waals surface area contributed by atoms with Crippen LogP contribution in [0.3, 0.4) is 0 Å². The molecule has 0 bridgehead atoms. The van der Waals surface area contributed by atoms with Gasteiger partial charge in [0.1, 0.15) is 11.7 Å². The van der Waals surface area contributed by atoms with E-state index in [2.05, 4.69) is 25.7 Å². The summed E-state index contributed by atoms with van der Waals surface area (Å²) < 4.78 is 29.4. The number of carbonyl (C=O) groups excluding carboxylic acids is 4. The number of anilines is 1. The fourth-order valence-electron chi connectivity index (χ4n) is 5.64. The number of carbonyl (C=O) groups is 4. The number of alkyl halides is 2. The molecule has 1 fully saturated rings. The molecule has 2 aromatic heterocycles. The predicted molar refractivity (Wildman–Crippen MR) is 156 cm³/mol. The molecule has 226 valence electrons. The Labute approximate surface area is 250 Å².